The molecule has 1 heterocycles. The van der Waals surface area contributed by atoms with Gasteiger partial charge in [-0.25, -0.2) is 0 Å². The Morgan fingerprint density at radius 3 is 2.70 bits per heavy atom. The van der Waals surface area contributed by atoms with Crippen LogP contribution in [0.15, 0.2) is 53.5 Å². The van der Waals surface area contributed by atoms with Gasteiger partial charge in [0.15, 0.2) is 5.96 Å². The average Bonchev–Trinajstić information content (AvgIpc) is 3.26. The first-order valence-corrected chi connectivity index (χ1v) is 10.4. The molecule has 162 valence electrons. The van der Waals surface area contributed by atoms with Gasteiger partial charge in [0.1, 0.15) is 17.6 Å². The van der Waals surface area contributed by atoms with Gasteiger partial charge in [-0.1, -0.05) is 18.2 Å². The molecule has 1 fully saturated rings. The lowest BCUT2D eigenvalue weighted by atomic mass is 10.1. The number of aliphatic hydroxyl groups is 1. The molecule has 3 rings (SSSR count). The molecule has 2 unspecified atom stereocenters. The zero-order valence-electron chi connectivity index (χ0n) is 18.0. The third kappa shape index (κ3) is 5.57. The van der Waals surface area contributed by atoms with E-state index in [2.05, 4.69) is 44.8 Å². The van der Waals surface area contributed by atoms with Gasteiger partial charge in [-0.3, -0.25) is 4.99 Å². The van der Waals surface area contributed by atoms with Crippen molar-refractivity contribution >= 4 is 11.6 Å². The van der Waals surface area contributed by atoms with Crippen LogP contribution in [0.4, 0.5) is 5.69 Å². The highest BCUT2D eigenvalue weighted by Crippen LogP contribution is 2.29. The molecule has 1 aliphatic rings. The van der Waals surface area contributed by atoms with Gasteiger partial charge in [-0.15, -0.1) is 0 Å². The molecule has 0 amide bonds. The normalized spacial score (nSPS) is 17.5. The van der Waals surface area contributed by atoms with Gasteiger partial charge < -0.3 is 30.1 Å². The maximum absolute atomic E-state index is 10.7. The summed E-state index contributed by atoms with van der Waals surface area (Å²) in [7, 11) is 3.19. The molecule has 0 aromatic heterocycles. The first-order chi connectivity index (χ1) is 14.6. The third-order valence-electron chi connectivity index (χ3n) is 5.21. The van der Waals surface area contributed by atoms with E-state index in [0.29, 0.717) is 29.1 Å². The first-order valence-electron chi connectivity index (χ1n) is 10.4. The fourth-order valence-corrected chi connectivity index (χ4v) is 3.64. The van der Waals surface area contributed by atoms with E-state index < -0.39 is 6.10 Å². The van der Waals surface area contributed by atoms with Gasteiger partial charge in [-0.05, 0) is 43.7 Å². The summed E-state index contributed by atoms with van der Waals surface area (Å²) in [6.07, 6.45) is 0.237. The number of rotatable bonds is 8. The number of hydrogen-bond donors (Lipinski definition) is 3. The minimum atomic E-state index is -0.796. The van der Waals surface area contributed by atoms with E-state index in [0.717, 1.165) is 26.1 Å². The van der Waals surface area contributed by atoms with Crippen molar-refractivity contribution < 1.29 is 14.6 Å². The molecule has 7 heteroatoms. The number of methoxy groups -OCH3 is 2. The van der Waals surface area contributed by atoms with Crippen LogP contribution in [-0.4, -0.2) is 57.5 Å². The lowest BCUT2D eigenvalue weighted by Gasteiger charge is -2.21. The van der Waals surface area contributed by atoms with Gasteiger partial charge >= 0.3 is 0 Å². The monoisotopic (exact) mass is 412 g/mol. The van der Waals surface area contributed by atoms with Gasteiger partial charge in [0.05, 0.1) is 20.8 Å². The van der Waals surface area contributed by atoms with E-state index in [9.17, 15) is 5.11 Å². The van der Waals surface area contributed by atoms with Crippen molar-refractivity contribution in [3.63, 3.8) is 0 Å². The molecule has 0 spiro atoms. The minimum Gasteiger partial charge on any atom is -0.497 e. The number of aliphatic imine (C=N–C) groups is 1. The van der Waals surface area contributed by atoms with Crippen molar-refractivity contribution in [2.24, 2.45) is 4.99 Å². The van der Waals surface area contributed by atoms with E-state index in [1.807, 2.05) is 19.1 Å². The van der Waals surface area contributed by atoms with Crippen LogP contribution < -0.4 is 25.0 Å². The maximum Gasteiger partial charge on any atom is 0.191 e. The smallest absolute Gasteiger partial charge is 0.191 e. The number of guanidine groups is 1. The zero-order valence-corrected chi connectivity index (χ0v) is 18.0. The molecule has 1 aliphatic heterocycles. The fraction of sp³-hybridized carbons (Fsp3) is 0.435. The summed E-state index contributed by atoms with van der Waals surface area (Å²) in [5, 5.41) is 17.5. The summed E-state index contributed by atoms with van der Waals surface area (Å²) in [5.41, 5.74) is 1.90. The zero-order chi connectivity index (χ0) is 21.3. The molecule has 1 saturated heterocycles. The SMILES string of the molecule is CCNC(=NCC(O)c1cc(OC)ccc1OC)NC1CCN(c2ccccc2)C1. The van der Waals surface area contributed by atoms with Crippen LogP contribution in [0.25, 0.3) is 0 Å². The molecule has 2 aromatic rings. The van der Waals surface area contributed by atoms with Crippen LogP contribution >= 0.6 is 0 Å². The largest absolute Gasteiger partial charge is 0.497 e. The molecular weight excluding hydrogens is 380 g/mol. The molecule has 3 N–H and O–H groups in total. The summed E-state index contributed by atoms with van der Waals surface area (Å²) in [6, 6.07) is 16.1. The fourth-order valence-electron chi connectivity index (χ4n) is 3.64. The summed E-state index contributed by atoms with van der Waals surface area (Å²) in [5.74, 6) is 2.00. The number of para-hydroxylation sites is 1. The first kappa shape index (κ1) is 21.8. The number of nitrogens with zero attached hydrogens (tertiary/aromatic N) is 2. The number of benzene rings is 2. The number of aliphatic hydroxyl groups excluding tert-OH is 1. The Morgan fingerprint density at radius 1 is 1.20 bits per heavy atom. The van der Waals surface area contributed by atoms with Crippen LogP contribution in [0.5, 0.6) is 11.5 Å². The van der Waals surface area contributed by atoms with Crippen molar-refractivity contribution in [3.05, 3.63) is 54.1 Å². The van der Waals surface area contributed by atoms with E-state index >= 15 is 0 Å². The Hall–Kier alpha value is -2.93. The van der Waals surface area contributed by atoms with Crippen molar-refractivity contribution in [2.75, 3.05) is 45.3 Å². The standard InChI is InChI=1S/C23H32N4O3/c1-4-24-23(26-17-12-13-27(16-17)18-8-6-5-7-9-18)25-15-21(28)20-14-19(29-2)10-11-22(20)30-3/h5-11,14,17,21,28H,4,12-13,15-16H2,1-3H3,(H2,24,25,26). The second kappa shape index (κ2) is 10.7. The molecule has 2 aromatic carbocycles. The van der Waals surface area contributed by atoms with Crippen LogP contribution in [0.3, 0.4) is 0 Å². The van der Waals surface area contributed by atoms with E-state index in [1.54, 1.807) is 26.4 Å². The Morgan fingerprint density at radius 2 is 2.00 bits per heavy atom. The average molecular weight is 413 g/mol. The van der Waals surface area contributed by atoms with E-state index in [4.69, 9.17) is 9.47 Å². The maximum atomic E-state index is 10.7. The van der Waals surface area contributed by atoms with Crippen molar-refractivity contribution in [1.29, 1.82) is 0 Å². The number of nitrogens with one attached hydrogen (secondary N) is 2. The molecule has 0 bridgehead atoms. The number of hydrogen-bond acceptors (Lipinski definition) is 5. The minimum absolute atomic E-state index is 0.216. The summed E-state index contributed by atoms with van der Waals surface area (Å²) in [6.45, 7) is 4.92. The molecule has 0 saturated carbocycles. The predicted molar refractivity (Wildman–Crippen MR) is 121 cm³/mol. The quantitative estimate of drug-likeness (QED) is 0.457. The molecule has 0 aliphatic carbocycles. The molecule has 0 radical (unpaired) electrons. The molecule has 30 heavy (non-hydrogen) atoms. The highest BCUT2D eigenvalue weighted by atomic mass is 16.5. The summed E-state index contributed by atoms with van der Waals surface area (Å²) in [4.78, 5) is 6.98. The van der Waals surface area contributed by atoms with E-state index in [-0.39, 0.29) is 6.54 Å². The van der Waals surface area contributed by atoms with Crippen molar-refractivity contribution in [3.8, 4) is 11.5 Å². The Kier molecular flexibility index (Phi) is 7.79. The Bertz CT molecular complexity index is 828. The molecule has 2 atom stereocenters. The Labute approximate surface area is 178 Å². The summed E-state index contributed by atoms with van der Waals surface area (Å²) >= 11 is 0. The van der Waals surface area contributed by atoms with E-state index in [1.165, 1.54) is 5.69 Å². The van der Waals surface area contributed by atoms with Gasteiger partial charge in [0.25, 0.3) is 0 Å². The highest BCUT2D eigenvalue weighted by Gasteiger charge is 2.23. The van der Waals surface area contributed by atoms with Crippen LogP contribution in [-0.2, 0) is 0 Å². The highest BCUT2D eigenvalue weighted by molar-refractivity contribution is 5.80. The van der Waals surface area contributed by atoms with Crippen molar-refractivity contribution in [1.82, 2.24) is 10.6 Å². The van der Waals surface area contributed by atoms with Crippen LogP contribution in [0.1, 0.15) is 25.0 Å². The van der Waals surface area contributed by atoms with Crippen LogP contribution in [0.2, 0.25) is 0 Å². The lowest BCUT2D eigenvalue weighted by molar-refractivity contribution is 0.182. The Balaban J connectivity index is 1.63. The second-order valence-electron chi connectivity index (χ2n) is 7.25. The second-order valence-corrected chi connectivity index (χ2v) is 7.25. The lowest BCUT2D eigenvalue weighted by Crippen LogP contribution is -2.44. The third-order valence-corrected chi connectivity index (χ3v) is 5.21. The summed E-state index contributed by atoms with van der Waals surface area (Å²) < 4.78 is 10.7. The van der Waals surface area contributed by atoms with Gasteiger partial charge in [-0.2, -0.15) is 0 Å². The van der Waals surface area contributed by atoms with Crippen LogP contribution in [0, 0.1) is 0 Å². The number of anilines is 1. The topological polar surface area (TPSA) is 78.4 Å². The molecular formula is C23H32N4O3. The van der Waals surface area contributed by atoms with Gasteiger partial charge in [0.2, 0.25) is 0 Å². The van der Waals surface area contributed by atoms with Gasteiger partial charge in [0, 0.05) is 36.9 Å². The predicted octanol–water partition coefficient (Wildman–Crippen LogP) is 2.57. The number of ether oxygens (including phenoxy) is 2. The van der Waals surface area contributed by atoms with Crippen molar-refractivity contribution in [2.45, 2.75) is 25.5 Å². The molecule has 7 nitrogen and oxygen atoms in total.